The molecule has 0 bridgehead atoms. The molecule has 1 aliphatic rings. The predicted molar refractivity (Wildman–Crippen MR) is 78.9 cm³/mol. The van der Waals surface area contributed by atoms with Gasteiger partial charge in [-0.1, -0.05) is 30.3 Å². The quantitative estimate of drug-likeness (QED) is 0.918. The number of hydrogen-bond donors (Lipinski definition) is 1. The van der Waals surface area contributed by atoms with Gasteiger partial charge in [0.15, 0.2) is 23.7 Å². The fourth-order valence-corrected chi connectivity index (χ4v) is 2.48. The van der Waals surface area contributed by atoms with E-state index in [0.29, 0.717) is 18.1 Å². The van der Waals surface area contributed by atoms with Crippen molar-refractivity contribution in [2.45, 2.75) is 19.1 Å². The highest BCUT2D eigenvalue weighted by atomic mass is 16.6. The molecule has 4 heteroatoms. The number of aliphatic hydroxyl groups excluding tert-OH is 1. The van der Waals surface area contributed by atoms with E-state index in [2.05, 4.69) is 0 Å². The van der Waals surface area contributed by atoms with Crippen molar-refractivity contribution in [2.75, 3.05) is 13.2 Å². The van der Waals surface area contributed by atoms with E-state index in [0.717, 1.165) is 11.3 Å². The van der Waals surface area contributed by atoms with Gasteiger partial charge in [-0.3, -0.25) is 0 Å². The van der Waals surface area contributed by atoms with E-state index in [9.17, 15) is 5.11 Å². The fraction of sp³-hybridized carbons (Fsp3) is 0.294. The Morgan fingerprint density at radius 1 is 1.05 bits per heavy atom. The summed E-state index contributed by atoms with van der Waals surface area (Å²) in [6, 6.07) is 15.2. The molecular formula is C17H18O4. The number of benzene rings is 2. The van der Waals surface area contributed by atoms with Gasteiger partial charge in [-0.2, -0.15) is 0 Å². The van der Waals surface area contributed by atoms with E-state index in [4.69, 9.17) is 14.2 Å². The van der Waals surface area contributed by atoms with Gasteiger partial charge in [0.2, 0.25) is 0 Å². The second-order valence-corrected chi connectivity index (χ2v) is 4.79. The predicted octanol–water partition coefficient (Wildman–Crippen LogP) is 2.96. The first-order chi connectivity index (χ1) is 10.3. The molecule has 1 N–H and O–H groups in total. The van der Waals surface area contributed by atoms with Gasteiger partial charge in [0.05, 0.1) is 13.2 Å². The van der Waals surface area contributed by atoms with Crippen molar-refractivity contribution in [1.82, 2.24) is 0 Å². The lowest BCUT2D eigenvalue weighted by Gasteiger charge is -2.20. The van der Waals surface area contributed by atoms with Gasteiger partial charge >= 0.3 is 0 Å². The molecule has 0 amide bonds. The van der Waals surface area contributed by atoms with Gasteiger partial charge < -0.3 is 19.3 Å². The number of hydrogen-bond acceptors (Lipinski definition) is 4. The van der Waals surface area contributed by atoms with Crippen LogP contribution in [0.1, 0.15) is 18.6 Å². The van der Waals surface area contributed by atoms with E-state index < -0.39 is 6.10 Å². The minimum absolute atomic E-state index is 0.101. The number of rotatable bonds is 5. The van der Waals surface area contributed by atoms with E-state index in [-0.39, 0.29) is 12.7 Å². The van der Waals surface area contributed by atoms with Gasteiger partial charge in [-0.15, -0.1) is 0 Å². The van der Waals surface area contributed by atoms with Crippen molar-refractivity contribution >= 4 is 0 Å². The summed E-state index contributed by atoms with van der Waals surface area (Å²) < 4.78 is 17.4. The van der Waals surface area contributed by atoms with E-state index in [1.807, 2.05) is 55.5 Å². The Morgan fingerprint density at radius 3 is 2.52 bits per heavy atom. The lowest BCUT2D eigenvalue weighted by molar-refractivity contribution is 0.0401. The summed E-state index contributed by atoms with van der Waals surface area (Å²) >= 11 is 0. The Hall–Kier alpha value is -2.20. The van der Waals surface area contributed by atoms with Crippen LogP contribution in [0.5, 0.6) is 17.2 Å². The van der Waals surface area contributed by atoms with E-state index in [1.54, 1.807) is 0 Å². The molecular weight excluding hydrogens is 268 g/mol. The smallest absolute Gasteiger partial charge is 0.166 e. The molecule has 2 aromatic carbocycles. The zero-order chi connectivity index (χ0) is 14.7. The maximum absolute atomic E-state index is 9.52. The van der Waals surface area contributed by atoms with Crippen molar-refractivity contribution in [3.63, 3.8) is 0 Å². The molecule has 0 radical (unpaired) electrons. The van der Waals surface area contributed by atoms with Crippen LogP contribution in [-0.2, 0) is 0 Å². The average Bonchev–Trinajstić information content (AvgIpc) is 2.87. The molecule has 0 spiro atoms. The molecule has 0 saturated carbocycles. The van der Waals surface area contributed by atoms with Crippen LogP contribution in [0.3, 0.4) is 0 Å². The third-order valence-corrected chi connectivity index (χ3v) is 3.42. The molecule has 4 nitrogen and oxygen atoms in total. The van der Waals surface area contributed by atoms with Crippen LogP contribution in [0.25, 0.3) is 0 Å². The van der Waals surface area contributed by atoms with Crippen LogP contribution in [0.15, 0.2) is 48.5 Å². The summed E-state index contributed by atoms with van der Waals surface area (Å²) in [6.45, 7) is 2.40. The van der Waals surface area contributed by atoms with Crippen LogP contribution in [0.2, 0.25) is 0 Å². The van der Waals surface area contributed by atoms with Gasteiger partial charge in [-0.05, 0) is 25.1 Å². The third kappa shape index (κ3) is 2.67. The summed E-state index contributed by atoms with van der Waals surface area (Å²) in [7, 11) is 0. The topological polar surface area (TPSA) is 47.9 Å². The maximum atomic E-state index is 9.52. The summed E-state index contributed by atoms with van der Waals surface area (Å²) in [6.07, 6.45) is -0.745. The van der Waals surface area contributed by atoms with E-state index in [1.165, 1.54) is 0 Å². The monoisotopic (exact) mass is 286 g/mol. The minimum Gasteiger partial charge on any atom is -0.490 e. The molecule has 21 heavy (non-hydrogen) atoms. The number of aliphatic hydroxyl groups is 1. The minimum atomic E-state index is -0.405. The largest absolute Gasteiger partial charge is 0.490 e. The second-order valence-electron chi connectivity index (χ2n) is 4.79. The van der Waals surface area contributed by atoms with Crippen molar-refractivity contribution < 1.29 is 19.3 Å². The Morgan fingerprint density at radius 2 is 1.76 bits per heavy atom. The standard InChI is InChI=1S/C17H18O4/c1-2-19-14-9-5-6-10-15(14)21-17-12-7-3-4-8-13(12)20-16(17)11-18/h3-10,16-18H,2,11H2,1H3/t16-,17+/m1/s1. The van der Waals surface area contributed by atoms with Crippen molar-refractivity contribution in [2.24, 2.45) is 0 Å². The summed E-state index contributed by atoms with van der Waals surface area (Å²) in [5.41, 5.74) is 0.947. The molecule has 2 atom stereocenters. The normalized spacial score (nSPS) is 19.7. The van der Waals surface area contributed by atoms with Crippen LogP contribution >= 0.6 is 0 Å². The highest BCUT2D eigenvalue weighted by molar-refractivity contribution is 5.43. The number of para-hydroxylation sites is 3. The molecule has 0 aliphatic carbocycles. The zero-order valence-electron chi connectivity index (χ0n) is 11.9. The zero-order valence-corrected chi connectivity index (χ0v) is 11.9. The van der Waals surface area contributed by atoms with Gasteiger partial charge in [0.1, 0.15) is 5.75 Å². The number of ether oxygens (including phenoxy) is 3. The van der Waals surface area contributed by atoms with Crippen molar-refractivity contribution in [1.29, 1.82) is 0 Å². The highest BCUT2D eigenvalue weighted by Gasteiger charge is 2.36. The maximum Gasteiger partial charge on any atom is 0.166 e. The fourth-order valence-electron chi connectivity index (χ4n) is 2.48. The summed E-state index contributed by atoms with van der Waals surface area (Å²) in [5.74, 6) is 2.11. The van der Waals surface area contributed by atoms with Gasteiger partial charge in [0.25, 0.3) is 0 Å². The summed E-state index contributed by atoms with van der Waals surface area (Å²) in [5, 5.41) is 9.52. The first kappa shape index (κ1) is 13.8. The first-order valence-corrected chi connectivity index (χ1v) is 7.08. The highest BCUT2D eigenvalue weighted by Crippen LogP contribution is 2.41. The molecule has 1 aliphatic heterocycles. The molecule has 0 saturated heterocycles. The van der Waals surface area contributed by atoms with Crippen LogP contribution in [0, 0.1) is 0 Å². The van der Waals surface area contributed by atoms with E-state index >= 15 is 0 Å². The lowest BCUT2D eigenvalue weighted by Crippen LogP contribution is -2.27. The third-order valence-electron chi connectivity index (χ3n) is 3.42. The van der Waals surface area contributed by atoms with Crippen LogP contribution < -0.4 is 14.2 Å². The Bertz CT molecular complexity index is 611. The molecule has 3 rings (SSSR count). The first-order valence-electron chi connectivity index (χ1n) is 7.08. The average molecular weight is 286 g/mol. The SMILES string of the molecule is CCOc1ccccc1O[C@H]1c2ccccc2O[C@@H]1CO. The molecule has 0 aromatic heterocycles. The molecule has 0 unspecified atom stereocenters. The molecule has 1 heterocycles. The molecule has 2 aromatic rings. The Balaban J connectivity index is 1.90. The Labute approximate surface area is 123 Å². The van der Waals surface area contributed by atoms with Gasteiger partial charge in [-0.25, -0.2) is 0 Å². The molecule has 110 valence electrons. The van der Waals surface area contributed by atoms with Crippen molar-refractivity contribution in [3.05, 3.63) is 54.1 Å². The van der Waals surface area contributed by atoms with Crippen molar-refractivity contribution in [3.8, 4) is 17.2 Å². The number of fused-ring (bicyclic) bond motifs is 1. The van der Waals surface area contributed by atoms with Gasteiger partial charge in [0, 0.05) is 5.56 Å². The van der Waals surface area contributed by atoms with Crippen LogP contribution in [0.4, 0.5) is 0 Å². The molecule has 0 fully saturated rings. The lowest BCUT2D eigenvalue weighted by atomic mass is 10.1. The van der Waals surface area contributed by atoms with Crippen LogP contribution in [-0.4, -0.2) is 24.4 Å². The Kier molecular flexibility index (Phi) is 3.97. The summed E-state index contributed by atoms with van der Waals surface area (Å²) in [4.78, 5) is 0. The second kappa shape index (κ2) is 6.06.